The van der Waals surface area contributed by atoms with E-state index in [2.05, 4.69) is 22.3 Å². The Bertz CT molecular complexity index is 514. The zero-order valence-electron chi connectivity index (χ0n) is 12.8. The lowest BCUT2D eigenvalue weighted by Gasteiger charge is -2.35. The summed E-state index contributed by atoms with van der Waals surface area (Å²) in [7, 11) is 0. The van der Waals surface area contributed by atoms with Crippen molar-refractivity contribution in [1.29, 1.82) is 0 Å². The predicted molar refractivity (Wildman–Crippen MR) is 84.9 cm³/mol. The molecule has 0 bridgehead atoms. The average molecular weight is 304 g/mol. The van der Waals surface area contributed by atoms with Crippen molar-refractivity contribution in [2.45, 2.75) is 25.3 Å². The highest BCUT2D eigenvalue weighted by Gasteiger charge is 2.26. The fourth-order valence-electron chi connectivity index (χ4n) is 3.34. The fraction of sp³-hybridized carbons (Fsp3) is 0.588. The van der Waals surface area contributed by atoms with Crippen LogP contribution in [-0.4, -0.2) is 50.0 Å². The molecule has 1 aromatic rings. The van der Waals surface area contributed by atoms with E-state index in [1.54, 1.807) is 0 Å². The Balaban J connectivity index is 1.64. The van der Waals surface area contributed by atoms with Gasteiger partial charge < -0.3 is 20.1 Å². The summed E-state index contributed by atoms with van der Waals surface area (Å²) >= 11 is 0. The van der Waals surface area contributed by atoms with Crippen LogP contribution in [-0.2, 0) is 16.0 Å². The zero-order chi connectivity index (χ0) is 15.4. The third-order valence-electron chi connectivity index (χ3n) is 4.50. The van der Waals surface area contributed by atoms with Gasteiger partial charge in [0.05, 0.1) is 6.54 Å². The molecule has 0 spiro atoms. The third-order valence-corrected chi connectivity index (χ3v) is 4.50. The van der Waals surface area contributed by atoms with Crippen molar-refractivity contribution in [3.8, 4) is 0 Å². The summed E-state index contributed by atoms with van der Waals surface area (Å²) in [4.78, 5) is 14.4. The topological polar surface area (TPSA) is 61.8 Å². The molecule has 5 nitrogen and oxygen atoms in total. The van der Waals surface area contributed by atoms with E-state index < -0.39 is 0 Å². The van der Waals surface area contributed by atoms with Crippen molar-refractivity contribution < 1.29 is 14.6 Å². The van der Waals surface area contributed by atoms with Gasteiger partial charge in [0.2, 0.25) is 5.91 Å². The van der Waals surface area contributed by atoms with Gasteiger partial charge in [0.1, 0.15) is 0 Å². The highest BCUT2D eigenvalue weighted by Crippen LogP contribution is 2.29. The molecule has 2 N–H and O–H groups in total. The fourth-order valence-corrected chi connectivity index (χ4v) is 3.34. The van der Waals surface area contributed by atoms with E-state index in [1.165, 1.54) is 5.56 Å². The molecule has 1 aromatic carbocycles. The Morgan fingerprint density at radius 3 is 2.86 bits per heavy atom. The number of hydrogen-bond acceptors (Lipinski definition) is 4. The van der Waals surface area contributed by atoms with Gasteiger partial charge in [-0.1, -0.05) is 18.2 Å². The molecule has 1 atom stereocenters. The van der Waals surface area contributed by atoms with Crippen molar-refractivity contribution in [2.75, 3.05) is 37.8 Å². The summed E-state index contributed by atoms with van der Waals surface area (Å²) in [6, 6.07) is 8.39. The van der Waals surface area contributed by atoms with Crippen LogP contribution in [0.1, 0.15) is 18.4 Å². The van der Waals surface area contributed by atoms with E-state index >= 15 is 0 Å². The number of carbonyl (C=O) groups excluding carboxylic acids is 1. The summed E-state index contributed by atoms with van der Waals surface area (Å²) in [5.74, 6) is 0.256. The van der Waals surface area contributed by atoms with Gasteiger partial charge in [-0.2, -0.15) is 0 Å². The zero-order valence-corrected chi connectivity index (χ0v) is 12.8. The molecule has 1 unspecified atom stereocenters. The predicted octanol–water partition coefficient (Wildman–Crippen LogP) is 0.953. The summed E-state index contributed by atoms with van der Waals surface area (Å²) in [5.41, 5.74) is 2.33. The molecule has 2 aliphatic rings. The standard InChI is InChI=1S/C17H24N2O3/c20-12-13-9-14-3-1-2-4-16(14)19(10-13)11-17(21)18-15-5-7-22-8-6-15/h1-4,13,15,20H,5-12H2,(H,18,21). The van der Waals surface area contributed by atoms with Gasteiger partial charge in [-0.25, -0.2) is 0 Å². The maximum atomic E-state index is 12.3. The lowest BCUT2D eigenvalue weighted by Crippen LogP contribution is -2.47. The number of benzene rings is 1. The number of para-hydroxylation sites is 1. The van der Waals surface area contributed by atoms with Crippen molar-refractivity contribution in [3.05, 3.63) is 29.8 Å². The van der Waals surface area contributed by atoms with Crippen LogP contribution in [0.2, 0.25) is 0 Å². The monoisotopic (exact) mass is 304 g/mol. The Morgan fingerprint density at radius 2 is 2.09 bits per heavy atom. The molecule has 0 aromatic heterocycles. The number of ether oxygens (including phenoxy) is 1. The molecule has 3 rings (SSSR count). The lowest BCUT2D eigenvalue weighted by atomic mass is 9.93. The van der Waals surface area contributed by atoms with Crippen LogP contribution in [0.15, 0.2) is 24.3 Å². The van der Waals surface area contributed by atoms with E-state index in [1.807, 2.05) is 12.1 Å². The molecule has 1 amide bonds. The van der Waals surface area contributed by atoms with Gasteiger partial charge >= 0.3 is 0 Å². The SMILES string of the molecule is O=C(CN1CC(CO)Cc2ccccc21)NC1CCOCC1. The summed E-state index contributed by atoms with van der Waals surface area (Å²) in [6.45, 7) is 2.69. The minimum Gasteiger partial charge on any atom is -0.396 e. The number of nitrogens with zero attached hydrogens (tertiary/aromatic N) is 1. The molecule has 0 saturated carbocycles. The van der Waals surface area contributed by atoms with Crippen molar-refractivity contribution in [2.24, 2.45) is 5.92 Å². The van der Waals surface area contributed by atoms with Crippen LogP contribution >= 0.6 is 0 Å². The number of carbonyl (C=O) groups is 1. The van der Waals surface area contributed by atoms with Crippen molar-refractivity contribution >= 4 is 11.6 Å². The summed E-state index contributed by atoms with van der Waals surface area (Å²) in [5, 5.41) is 12.6. The van der Waals surface area contributed by atoms with E-state index in [0.29, 0.717) is 6.54 Å². The quantitative estimate of drug-likeness (QED) is 0.869. The van der Waals surface area contributed by atoms with E-state index in [4.69, 9.17) is 4.74 Å². The third kappa shape index (κ3) is 3.59. The lowest BCUT2D eigenvalue weighted by molar-refractivity contribution is -0.121. The van der Waals surface area contributed by atoms with Crippen LogP contribution in [0, 0.1) is 5.92 Å². The van der Waals surface area contributed by atoms with Crippen LogP contribution in [0.5, 0.6) is 0 Å². The van der Waals surface area contributed by atoms with Crippen molar-refractivity contribution in [3.63, 3.8) is 0 Å². The second-order valence-electron chi connectivity index (χ2n) is 6.22. The van der Waals surface area contributed by atoms with Crippen LogP contribution in [0.25, 0.3) is 0 Å². The minimum atomic E-state index is 0.0558. The Labute approximate surface area is 131 Å². The second kappa shape index (κ2) is 7.11. The Hall–Kier alpha value is -1.59. The molecule has 2 aliphatic heterocycles. The smallest absolute Gasteiger partial charge is 0.239 e. The molecule has 0 radical (unpaired) electrons. The van der Waals surface area contributed by atoms with E-state index in [-0.39, 0.29) is 24.5 Å². The number of rotatable bonds is 4. The minimum absolute atomic E-state index is 0.0558. The van der Waals surface area contributed by atoms with Gasteiger partial charge in [0, 0.05) is 44.0 Å². The molecular weight excluding hydrogens is 280 g/mol. The van der Waals surface area contributed by atoms with Crippen LogP contribution < -0.4 is 10.2 Å². The van der Waals surface area contributed by atoms with Gasteiger partial charge in [-0.3, -0.25) is 4.79 Å². The Morgan fingerprint density at radius 1 is 1.32 bits per heavy atom. The number of aliphatic hydroxyl groups is 1. The number of amides is 1. The number of anilines is 1. The van der Waals surface area contributed by atoms with Crippen LogP contribution in [0.3, 0.4) is 0 Å². The number of nitrogens with one attached hydrogen (secondary N) is 1. The summed E-state index contributed by atoms with van der Waals surface area (Å²) < 4.78 is 5.32. The Kier molecular flexibility index (Phi) is 4.95. The first-order valence-corrected chi connectivity index (χ1v) is 8.07. The number of fused-ring (bicyclic) bond motifs is 1. The van der Waals surface area contributed by atoms with Gasteiger partial charge in [0.15, 0.2) is 0 Å². The highest BCUT2D eigenvalue weighted by molar-refractivity contribution is 5.82. The first-order valence-electron chi connectivity index (χ1n) is 8.07. The van der Waals surface area contributed by atoms with Crippen LogP contribution in [0.4, 0.5) is 5.69 Å². The first-order chi connectivity index (χ1) is 10.8. The summed E-state index contributed by atoms with van der Waals surface area (Å²) in [6.07, 6.45) is 2.66. The first kappa shape index (κ1) is 15.3. The molecule has 2 heterocycles. The average Bonchev–Trinajstić information content (AvgIpc) is 2.55. The van der Waals surface area contributed by atoms with E-state index in [9.17, 15) is 9.90 Å². The largest absolute Gasteiger partial charge is 0.396 e. The molecular formula is C17H24N2O3. The number of hydrogen-bond donors (Lipinski definition) is 2. The van der Waals surface area contributed by atoms with E-state index in [0.717, 1.165) is 44.7 Å². The van der Waals surface area contributed by atoms with Crippen molar-refractivity contribution in [1.82, 2.24) is 5.32 Å². The molecule has 1 saturated heterocycles. The normalized spacial score (nSPS) is 22.2. The second-order valence-corrected chi connectivity index (χ2v) is 6.22. The molecule has 22 heavy (non-hydrogen) atoms. The van der Waals surface area contributed by atoms with Gasteiger partial charge in [-0.15, -0.1) is 0 Å². The maximum Gasteiger partial charge on any atom is 0.239 e. The maximum absolute atomic E-state index is 12.3. The molecule has 1 fully saturated rings. The van der Waals surface area contributed by atoms with Gasteiger partial charge in [-0.05, 0) is 30.9 Å². The number of aliphatic hydroxyl groups excluding tert-OH is 1. The molecule has 5 heteroatoms. The highest BCUT2D eigenvalue weighted by atomic mass is 16.5. The molecule has 120 valence electrons. The van der Waals surface area contributed by atoms with Gasteiger partial charge in [0.25, 0.3) is 0 Å². The molecule has 0 aliphatic carbocycles.